The lowest BCUT2D eigenvalue weighted by Crippen LogP contribution is -2.17. The molecule has 1 aliphatic rings. The Labute approximate surface area is 122 Å². The van der Waals surface area contributed by atoms with Crippen LogP contribution in [-0.4, -0.2) is 18.3 Å². The molecular weight excluding hydrogens is 272 g/mol. The molecule has 0 amide bonds. The van der Waals surface area contributed by atoms with Gasteiger partial charge in [-0.05, 0) is 50.3 Å². The minimum absolute atomic E-state index is 0.228. The first kappa shape index (κ1) is 13.2. The molecule has 0 saturated heterocycles. The van der Waals surface area contributed by atoms with Gasteiger partial charge in [0.2, 0.25) is 0 Å². The minimum atomic E-state index is 0.228. The first-order chi connectivity index (χ1) is 9.31. The molecule has 1 aromatic heterocycles. The summed E-state index contributed by atoms with van der Waals surface area (Å²) in [7, 11) is 2.01. The lowest BCUT2D eigenvalue weighted by molar-refractivity contribution is 0.682. The molecule has 1 N–H and O–H groups in total. The van der Waals surface area contributed by atoms with Gasteiger partial charge in [-0.1, -0.05) is 12.1 Å². The van der Waals surface area contributed by atoms with Gasteiger partial charge in [0.1, 0.15) is 5.01 Å². The number of aryl methyl sites for hydroxylation is 2. The van der Waals surface area contributed by atoms with Gasteiger partial charge in [0.05, 0.1) is 11.7 Å². The summed E-state index contributed by atoms with van der Waals surface area (Å²) in [5, 5.41) is 4.61. The predicted molar refractivity (Wildman–Crippen MR) is 83.3 cm³/mol. The average Bonchev–Trinajstić information content (AvgIpc) is 3.02. The number of hydrogen-bond donors (Lipinski definition) is 1. The molecule has 1 heterocycles. The fourth-order valence-corrected chi connectivity index (χ4v) is 4.26. The second-order valence-corrected chi connectivity index (χ2v) is 6.77. The molecule has 1 aliphatic carbocycles. The van der Waals surface area contributed by atoms with Gasteiger partial charge in [0, 0.05) is 9.77 Å². The molecule has 0 fully saturated rings. The highest BCUT2D eigenvalue weighted by molar-refractivity contribution is 7.98. The summed E-state index contributed by atoms with van der Waals surface area (Å²) in [6.07, 6.45) is 5.76. The van der Waals surface area contributed by atoms with Crippen LogP contribution in [-0.2, 0) is 12.8 Å². The molecular formula is C15H18N2S2. The molecule has 0 radical (unpaired) electrons. The normalized spacial score (nSPS) is 15.5. The number of nitrogens with one attached hydrogen (secondary N) is 1. The number of thioether (sulfide) groups is 1. The van der Waals surface area contributed by atoms with Crippen molar-refractivity contribution in [1.82, 2.24) is 10.3 Å². The monoisotopic (exact) mass is 290 g/mol. The predicted octanol–water partition coefficient (Wildman–Crippen LogP) is 3.66. The van der Waals surface area contributed by atoms with Gasteiger partial charge in [-0.25, -0.2) is 4.98 Å². The van der Waals surface area contributed by atoms with E-state index in [9.17, 15) is 0 Å². The van der Waals surface area contributed by atoms with Gasteiger partial charge in [-0.3, -0.25) is 0 Å². The summed E-state index contributed by atoms with van der Waals surface area (Å²) < 4.78 is 0. The molecule has 0 spiro atoms. The number of fused-ring (bicyclic) bond motifs is 1. The van der Waals surface area contributed by atoms with E-state index in [-0.39, 0.29) is 6.04 Å². The summed E-state index contributed by atoms with van der Waals surface area (Å²) in [6.45, 7) is 0. The third-order valence-corrected chi connectivity index (χ3v) is 5.56. The van der Waals surface area contributed by atoms with Crippen molar-refractivity contribution in [2.24, 2.45) is 0 Å². The molecule has 1 atom stereocenters. The molecule has 0 aliphatic heterocycles. The van der Waals surface area contributed by atoms with E-state index in [2.05, 4.69) is 35.8 Å². The zero-order valence-electron chi connectivity index (χ0n) is 11.3. The lowest BCUT2D eigenvalue weighted by Gasteiger charge is -2.14. The van der Waals surface area contributed by atoms with Gasteiger partial charge in [-0.2, -0.15) is 0 Å². The van der Waals surface area contributed by atoms with Crippen LogP contribution in [0.1, 0.15) is 33.6 Å². The van der Waals surface area contributed by atoms with Gasteiger partial charge >= 0.3 is 0 Å². The quantitative estimate of drug-likeness (QED) is 0.870. The number of aromatic nitrogens is 1. The Morgan fingerprint density at radius 2 is 2.05 bits per heavy atom. The fourth-order valence-electron chi connectivity index (χ4n) is 2.56. The van der Waals surface area contributed by atoms with Crippen LogP contribution in [0.3, 0.4) is 0 Å². The van der Waals surface area contributed by atoms with Gasteiger partial charge in [-0.15, -0.1) is 23.1 Å². The Kier molecular flexibility index (Phi) is 3.91. The van der Waals surface area contributed by atoms with Crippen LogP contribution in [0.5, 0.6) is 0 Å². The summed E-state index contributed by atoms with van der Waals surface area (Å²) in [5.41, 5.74) is 2.63. The smallest absolute Gasteiger partial charge is 0.115 e. The summed E-state index contributed by atoms with van der Waals surface area (Å²) >= 11 is 3.66. The van der Waals surface area contributed by atoms with E-state index in [1.807, 2.05) is 18.4 Å². The summed E-state index contributed by atoms with van der Waals surface area (Å²) in [6, 6.07) is 9.02. The van der Waals surface area contributed by atoms with Crippen LogP contribution in [0, 0.1) is 0 Å². The molecule has 100 valence electrons. The fraction of sp³-hybridized carbons (Fsp3) is 0.400. The van der Waals surface area contributed by atoms with Crippen molar-refractivity contribution in [2.75, 3.05) is 13.3 Å². The highest BCUT2D eigenvalue weighted by Gasteiger charge is 2.22. The Hall–Kier alpha value is -0.840. The molecule has 4 heteroatoms. The molecule has 1 aromatic carbocycles. The van der Waals surface area contributed by atoms with E-state index in [4.69, 9.17) is 4.98 Å². The van der Waals surface area contributed by atoms with Crippen molar-refractivity contribution in [3.8, 4) is 0 Å². The SMILES string of the molecule is CNC(c1ccc(SC)cc1)c1nc2c(s1)CCC2. The molecule has 0 saturated carbocycles. The number of hydrogen-bond acceptors (Lipinski definition) is 4. The number of nitrogens with zero attached hydrogens (tertiary/aromatic N) is 1. The average molecular weight is 290 g/mol. The molecule has 2 nitrogen and oxygen atoms in total. The van der Waals surface area contributed by atoms with Crippen LogP contribution in [0.2, 0.25) is 0 Å². The summed E-state index contributed by atoms with van der Waals surface area (Å²) in [4.78, 5) is 7.63. The maximum absolute atomic E-state index is 4.83. The van der Waals surface area contributed by atoms with Crippen LogP contribution in [0.15, 0.2) is 29.2 Å². The van der Waals surface area contributed by atoms with Gasteiger partial charge in [0.15, 0.2) is 0 Å². The lowest BCUT2D eigenvalue weighted by atomic mass is 10.1. The van der Waals surface area contributed by atoms with Crippen molar-refractivity contribution < 1.29 is 0 Å². The van der Waals surface area contributed by atoms with Crippen LogP contribution in [0.4, 0.5) is 0 Å². The minimum Gasteiger partial charge on any atom is -0.307 e. The van der Waals surface area contributed by atoms with Crippen LogP contribution < -0.4 is 5.32 Å². The highest BCUT2D eigenvalue weighted by atomic mass is 32.2. The first-order valence-electron chi connectivity index (χ1n) is 6.61. The standard InChI is InChI=1S/C15H18N2S2/c1-16-14(10-6-8-11(18-2)9-7-10)15-17-12-4-3-5-13(12)19-15/h6-9,14,16H,3-5H2,1-2H3. The van der Waals surface area contributed by atoms with Crippen molar-refractivity contribution in [3.63, 3.8) is 0 Å². The Morgan fingerprint density at radius 3 is 2.68 bits per heavy atom. The summed E-state index contributed by atoms with van der Waals surface area (Å²) in [5.74, 6) is 0. The largest absolute Gasteiger partial charge is 0.307 e. The first-order valence-corrected chi connectivity index (χ1v) is 8.65. The molecule has 2 aromatic rings. The van der Waals surface area contributed by atoms with E-state index in [0.717, 1.165) is 6.42 Å². The van der Waals surface area contributed by atoms with Crippen LogP contribution >= 0.6 is 23.1 Å². The second kappa shape index (κ2) is 5.65. The topological polar surface area (TPSA) is 24.9 Å². The van der Waals surface area contributed by atoms with E-state index < -0.39 is 0 Å². The third kappa shape index (κ3) is 2.57. The molecule has 19 heavy (non-hydrogen) atoms. The van der Waals surface area contributed by atoms with Gasteiger partial charge in [0.25, 0.3) is 0 Å². The third-order valence-electron chi connectivity index (χ3n) is 3.60. The Balaban J connectivity index is 1.90. The zero-order chi connectivity index (χ0) is 13.2. The maximum atomic E-state index is 4.83. The highest BCUT2D eigenvalue weighted by Crippen LogP contribution is 2.33. The van der Waals surface area contributed by atoms with E-state index >= 15 is 0 Å². The van der Waals surface area contributed by atoms with E-state index in [0.29, 0.717) is 0 Å². The Bertz CT molecular complexity index is 539. The van der Waals surface area contributed by atoms with Crippen LogP contribution in [0.25, 0.3) is 0 Å². The molecule has 3 rings (SSSR count). The molecule has 0 bridgehead atoms. The van der Waals surface area contributed by atoms with E-state index in [1.54, 1.807) is 11.8 Å². The van der Waals surface area contributed by atoms with Crippen molar-refractivity contribution in [3.05, 3.63) is 45.4 Å². The zero-order valence-corrected chi connectivity index (χ0v) is 12.9. The van der Waals surface area contributed by atoms with Gasteiger partial charge < -0.3 is 5.32 Å². The maximum Gasteiger partial charge on any atom is 0.115 e. The van der Waals surface area contributed by atoms with Crippen molar-refractivity contribution in [1.29, 1.82) is 0 Å². The van der Waals surface area contributed by atoms with E-state index in [1.165, 1.54) is 38.9 Å². The second-order valence-electron chi connectivity index (χ2n) is 4.77. The number of rotatable bonds is 4. The number of benzene rings is 1. The molecule has 1 unspecified atom stereocenters. The Morgan fingerprint density at radius 1 is 1.26 bits per heavy atom. The number of thiazole rings is 1. The van der Waals surface area contributed by atoms with Crippen molar-refractivity contribution >= 4 is 23.1 Å². The van der Waals surface area contributed by atoms with Crippen molar-refractivity contribution in [2.45, 2.75) is 30.2 Å².